The molecule has 24 heavy (non-hydrogen) atoms. The van der Waals surface area contributed by atoms with Crippen molar-refractivity contribution in [2.75, 3.05) is 37.8 Å². The van der Waals surface area contributed by atoms with Gasteiger partial charge in [0.15, 0.2) is 0 Å². The largest absolute Gasteiger partial charge is 0.385 e. The van der Waals surface area contributed by atoms with Crippen molar-refractivity contribution in [2.24, 2.45) is 0 Å². The molecule has 0 aliphatic carbocycles. The zero-order valence-electron chi connectivity index (χ0n) is 13.9. The zero-order valence-corrected chi connectivity index (χ0v) is 13.9. The third kappa shape index (κ3) is 5.07. The van der Waals surface area contributed by atoms with Crippen LogP contribution in [0.25, 0.3) is 0 Å². The Morgan fingerprint density at radius 2 is 2.08 bits per heavy atom. The molecular formula is C18H21N5O. The first-order valence-corrected chi connectivity index (χ1v) is 7.75. The molecule has 2 N–H and O–H groups in total. The molecule has 6 nitrogen and oxygen atoms in total. The fourth-order valence-corrected chi connectivity index (χ4v) is 2.17. The summed E-state index contributed by atoms with van der Waals surface area (Å²) >= 11 is 0. The number of carbonyl (C=O) groups is 1. The summed E-state index contributed by atoms with van der Waals surface area (Å²) in [5.74, 6) is -0.338. The molecule has 0 bridgehead atoms. The summed E-state index contributed by atoms with van der Waals surface area (Å²) in [6.45, 7) is 1.82. The van der Waals surface area contributed by atoms with E-state index in [2.05, 4.69) is 26.6 Å². The van der Waals surface area contributed by atoms with Crippen molar-refractivity contribution >= 4 is 17.3 Å². The average molecular weight is 323 g/mol. The highest BCUT2D eigenvalue weighted by atomic mass is 16.1. The van der Waals surface area contributed by atoms with Gasteiger partial charge >= 0.3 is 0 Å². The fourth-order valence-electron chi connectivity index (χ4n) is 2.17. The van der Waals surface area contributed by atoms with Crippen LogP contribution in [-0.2, 0) is 0 Å². The standard InChI is InChI=1S/C18H21N5O/c1-23(2)11-5-9-20-15-8-10-21-17(12-15)18(24)22-16-7-4-3-6-14(16)13-19/h3-4,6-8,10,12H,5,9,11H2,1-2H3,(H,20,21)(H,22,24). The fraction of sp³-hybridized carbons (Fsp3) is 0.278. The molecule has 0 fully saturated rings. The number of benzene rings is 1. The lowest BCUT2D eigenvalue weighted by Gasteiger charge is -2.11. The number of carbonyl (C=O) groups excluding carboxylic acids is 1. The van der Waals surface area contributed by atoms with Crippen LogP contribution < -0.4 is 10.6 Å². The Hall–Kier alpha value is -2.91. The SMILES string of the molecule is CN(C)CCCNc1ccnc(C(=O)Nc2ccccc2C#N)c1. The molecule has 0 saturated carbocycles. The molecule has 0 aliphatic rings. The molecule has 0 atom stereocenters. The van der Waals surface area contributed by atoms with Gasteiger partial charge in [-0.3, -0.25) is 9.78 Å². The topological polar surface area (TPSA) is 81.1 Å². The molecule has 0 radical (unpaired) electrons. The smallest absolute Gasteiger partial charge is 0.274 e. The molecule has 2 aromatic rings. The molecule has 0 spiro atoms. The number of amides is 1. The minimum atomic E-state index is -0.338. The van der Waals surface area contributed by atoms with Crippen LogP contribution in [0.4, 0.5) is 11.4 Å². The third-order valence-corrected chi connectivity index (χ3v) is 3.40. The van der Waals surface area contributed by atoms with Gasteiger partial charge < -0.3 is 15.5 Å². The van der Waals surface area contributed by atoms with Crippen molar-refractivity contribution in [3.05, 3.63) is 53.9 Å². The van der Waals surface area contributed by atoms with E-state index in [0.717, 1.165) is 25.2 Å². The van der Waals surface area contributed by atoms with Gasteiger partial charge in [0.2, 0.25) is 0 Å². The number of nitrogens with one attached hydrogen (secondary N) is 2. The first-order chi connectivity index (χ1) is 11.6. The van der Waals surface area contributed by atoms with Crippen LogP contribution in [0.3, 0.4) is 0 Å². The minimum absolute atomic E-state index is 0.306. The number of hydrogen-bond acceptors (Lipinski definition) is 5. The molecule has 0 saturated heterocycles. The van der Waals surface area contributed by atoms with Crippen molar-refractivity contribution in [2.45, 2.75) is 6.42 Å². The van der Waals surface area contributed by atoms with E-state index in [1.165, 1.54) is 0 Å². The van der Waals surface area contributed by atoms with Gasteiger partial charge in [-0.15, -0.1) is 0 Å². The molecule has 1 heterocycles. The lowest BCUT2D eigenvalue weighted by molar-refractivity contribution is 0.102. The maximum atomic E-state index is 12.3. The average Bonchev–Trinajstić information content (AvgIpc) is 2.59. The Kier molecular flexibility index (Phi) is 6.29. The Balaban J connectivity index is 2.00. The molecule has 1 aromatic carbocycles. The summed E-state index contributed by atoms with van der Waals surface area (Å²) in [7, 11) is 4.07. The summed E-state index contributed by atoms with van der Waals surface area (Å²) in [5, 5.41) is 15.1. The normalized spacial score (nSPS) is 10.2. The predicted octanol–water partition coefficient (Wildman–Crippen LogP) is 2.57. The highest BCUT2D eigenvalue weighted by Crippen LogP contribution is 2.15. The molecule has 6 heteroatoms. The van der Waals surface area contributed by atoms with Gasteiger partial charge in [0, 0.05) is 18.4 Å². The van der Waals surface area contributed by atoms with E-state index in [1.54, 1.807) is 36.5 Å². The highest BCUT2D eigenvalue weighted by molar-refractivity contribution is 6.04. The molecular weight excluding hydrogens is 302 g/mol. The summed E-state index contributed by atoms with van der Waals surface area (Å²) in [6.07, 6.45) is 2.60. The van der Waals surface area contributed by atoms with E-state index in [4.69, 9.17) is 5.26 Å². The van der Waals surface area contributed by atoms with E-state index >= 15 is 0 Å². The second kappa shape index (κ2) is 8.65. The number of nitriles is 1. The molecule has 0 unspecified atom stereocenters. The highest BCUT2D eigenvalue weighted by Gasteiger charge is 2.10. The van der Waals surface area contributed by atoms with Crippen molar-refractivity contribution < 1.29 is 4.79 Å². The van der Waals surface area contributed by atoms with Gasteiger partial charge in [0.1, 0.15) is 11.8 Å². The first-order valence-electron chi connectivity index (χ1n) is 7.75. The van der Waals surface area contributed by atoms with Gasteiger partial charge in [-0.1, -0.05) is 12.1 Å². The number of para-hydroxylation sites is 1. The van der Waals surface area contributed by atoms with Gasteiger partial charge in [-0.2, -0.15) is 5.26 Å². The van der Waals surface area contributed by atoms with Crippen molar-refractivity contribution in [3.63, 3.8) is 0 Å². The van der Waals surface area contributed by atoms with Gasteiger partial charge in [0.05, 0.1) is 11.3 Å². The van der Waals surface area contributed by atoms with Crippen molar-refractivity contribution in [3.8, 4) is 6.07 Å². The predicted molar refractivity (Wildman–Crippen MR) is 95.0 cm³/mol. The van der Waals surface area contributed by atoms with E-state index in [0.29, 0.717) is 16.9 Å². The number of aromatic nitrogens is 1. The molecule has 1 aromatic heterocycles. The summed E-state index contributed by atoms with van der Waals surface area (Å²) < 4.78 is 0. The summed E-state index contributed by atoms with van der Waals surface area (Å²) in [4.78, 5) is 18.6. The number of hydrogen-bond donors (Lipinski definition) is 2. The monoisotopic (exact) mass is 323 g/mol. The van der Waals surface area contributed by atoms with E-state index in [9.17, 15) is 4.79 Å². The quantitative estimate of drug-likeness (QED) is 0.765. The van der Waals surface area contributed by atoms with Crippen LogP contribution in [0.1, 0.15) is 22.5 Å². The number of anilines is 2. The van der Waals surface area contributed by atoms with Gasteiger partial charge in [-0.25, -0.2) is 0 Å². The number of rotatable bonds is 7. The second-order valence-electron chi connectivity index (χ2n) is 5.62. The molecule has 0 aliphatic heterocycles. The van der Waals surface area contributed by atoms with Crippen molar-refractivity contribution in [1.29, 1.82) is 5.26 Å². The molecule has 124 valence electrons. The van der Waals surface area contributed by atoms with Crippen LogP contribution >= 0.6 is 0 Å². The van der Waals surface area contributed by atoms with Crippen LogP contribution in [0.5, 0.6) is 0 Å². The van der Waals surface area contributed by atoms with E-state index in [1.807, 2.05) is 20.2 Å². The van der Waals surface area contributed by atoms with Crippen LogP contribution in [0.2, 0.25) is 0 Å². The van der Waals surface area contributed by atoms with Crippen molar-refractivity contribution in [1.82, 2.24) is 9.88 Å². The van der Waals surface area contributed by atoms with Crippen LogP contribution in [0.15, 0.2) is 42.6 Å². The number of pyridine rings is 1. The summed E-state index contributed by atoms with van der Waals surface area (Å²) in [6, 6.07) is 12.5. The lowest BCUT2D eigenvalue weighted by Crippen LogP contribution is -2.17. The van der Waals surface area contributed by atoms with Gasteiger partial charge in [0.25, 0.3) is 5.91 Å². The first kappa shape index (κ1) is 17.4. The Labute approximate surface area is 142 Å². The Bertz CT molecular complexity index is 736. The summed E-state index contributed by atoms with van der Waals surface area (Å²) in [5.41, 5.74) is 2.06. The Morgan fingerprint density at radius 1 is 1.29 bits per heavy atom. The maximum Gasteiger partial charge on any atom is 0.274 e. The van der Waals surface area contributed by atoms with Crippen LogP contribution in [-0.4, -0.2) is 43.0 Å². The molecule has 1 amide bonds. The lowest BCUT2D eigenvalue weighted by atomic mass is 10.2. The van der Waals surface area contributed by atoms with E-state index < -0.39 is 0 Å². The second-order valence-corrected chi connectivity index (χ2v) is 5.62. The Morgan fingerprint density at radius 3 is 2.83 bits per heavy atom. The molecule has 2 rings (SSSR count). The van der Waals surface area contributed by atoms with E-state index in [-0.39, 0.29) is 5.91 Å². The minimum Gasteiger partial charge on any atom is -0.385 e. The van der Waals surface area contributed by atoms with Crippen LogP contribution in [0, 0.1) is 11.3 Å². The zero-order chi connectivity index (χ0) is 17.4. The van der Waals surface area contributed by atoms with Gasteiger partial charge in [-0.05, 0) is 51.3 Å². The maximum absolute atomic E-state index is 12.3. The number of nitrogens with zero attached hydrogens (tertiary/aromatic N) is 3. The third-order valence-electron chi connectivity index (χ3n) is 3.40.